The Labute approximate surface area is 169 Å². The van der Waals surface area contributed by atoms with Crippen LogP contribution in [0, 0.1) is 29.0 Å². The summed E-state index contributed by atoms with van der Waals surface area (Å²) in [4.78, 5) is 16.5. The number of Topliss-reactive ketones (excluding diaryl/α,β-unsaturated/α-hetero) is 1. The smallest absolute Gasteiger partial charge is 0.257 e. The predicted octanol–water partition coefficient (Wildman–Crippen LogP) is 6.53. The number of carbonyl (C=O) groups is 1. The molecule has 2 saturated carbocycles. The Morgan fingerprint density at radius 2 is 1.93 bits per heavy atom. The normalized spacial score (nSPS) is 28.6. The first kappa shape index (κ1) is 20.4. The van der Waals surface area contributed by atoms with E-state index in [1.54, 1.807) is 12.1 Å². The van der Waals surface area contributed by atoms with Crippen LogP contribution in [0.25, 0.3) is 10.9 Å². The van der Waals surface area contributed by atoms with Gasteiger partial charge in [-0.05, 0) is 66.3 Å². The van der Waals surface area contributed by atoms with Crippen LogP contribution in [0.15, 0.2) is 30.5 Å². The molecule has 5 heteroatoms. The second kappa shape index (κ2) is 7.10. The zero-order valence-electron chi connectivity index (χ0n) is 17.2. The third-order valence-electron chi connectivity index (χ3n) is 6.65. The molecule has 0 unspecified atom stereocenters. The van der Waals surface area contributed by atoms with Gasteiger partial charge >= 0.3 is 0 Å². The van der Waals surface area contributed by atoms with Gasteiger partial charge in [0.1, 0.15) is 11.6 Å². The first-order valence-electron chi connectivity index (χ1n) is 10.5. The number of ketones is 1. The molecule has 4 rings (SSSR count). The monoisotopic (exact) mass is 403 g/mol. The third-order valence-corrected chi connectivity index (χ3v) is 6.65. The van der Waals surface area contributed by atoms with Gasteiger partial charge in [0.15, 0.2) is 0 Å². The van der Waals surface area contributed by atoms with Crippen molar-refractivity contribution in [3.63, 3.8) is 0 Å². The lowest BCUT2D eigenvalue weighted by molar-refractivity contribution is -0.121. The minimum Gasteiger partial charge on any atom is -0.300 e. The van der Waals surface area contributed by atoms with E-state index in [-0.39, 0.29) is 23.0 Å². The van der Waals surface area contributed by atoms with Gasteiger partial charge in [0.25, 0.3) is 5.92 Å². The van der Waals surface area contributed by atoms with Crippen molar-refractivity contribution in [3.8, 4) is 0 Å². The van der Waals surface area contributed by atoms with E-state index in [2.05, 4.69) is 4.98 Å². The Morgan fingerprint density at radius 3 is 2.62 bits per heavy atom. The van der Waals surface area contributed by atoms with E-state index >= 15 is 8.78 Å². The number of pyridine rings is 1. The predicted molar refractivity (Wildman–Crippen MR) is 107 cm³/mol. The summed E-state index contributed by atoms with van der Waals surface area (Å²) in [7, 11) is 0. The van der Waals surface area contributed by atoms with Crippen molar-refractivity contribution in [1.82, 2.24) is 4.98 Å². The van der Waals surface area contributed by atoms with Crippen LogP contribution in [-0.2, 0) is 4.79 Å². The lowest BCUT2D eigenvalue weighted by Crippen LogP contribution is -2.29. The molecule has 1 aromatic carbocycles. The summed E-state index contributed by atoms with van der Waals surface area (Å²) in [5, 5.41) is 0.481. The average Bonchev–Trinajstić information content (AvgIpc) is 3.10. The van der Waals surface area contributed by atoms with Gasteiger partial charge in [0.05, 0.1) is 5.52 Å². The molecule has 2 fully saturated rings. The van der Waals surface area contributed by atoms with Gasteiger partial charge in [-0.15, -0.1) is 0 Å². The molecule has 0 saturated heterocycles. The number of carbonyl (C=O) groups excluding carboxylic acids is 1. The molecule has 29 heavy (non-hydrogen) atoms. The number of fused-ring (bicyclic) bond motifs is 2. The van der Waals surface area contributed by atoms with Gasteiger partial charge in [0.2, 0.25) is 0 Å². The van der Waals surface area contributed by atoms with Crippen LogP contribution in [0.2, 0.25) is 0 Å². The first-order valence-corrected chi connectivity index (χ1v) is 10.5. The number of hydrogen-bond donors (Lipinski definition) is 0. The van der Waals surface area contributed by atoms with Crippen LogP contribution in [0.4, 0.5) is 13.2 Å². The SMILES string of the molecule is CC(C)(C)CC(=O)C[C@H]1C[C@@H]2C[C@H](c3ccnc4ccc(F)cc34)C(F)(F)[C@@H]2C1. The van der Waals surface area contributed by atoms with Crippen molar-refractivity contribution < 1.29 is 18.0 Å². The standard InChI is InChI=1S/C24H28F3NO/c1-23(2,3)13-17(29)9-14-8-15-11-21(24(26,27)20(15)10-14)18-6-7-28-22-5-4-16(25)12-19(18)22/h4-7,12,14-15,20-21H,8-11,13H2,1-3H3/t14-,15-,20-,21-/m1/s1. The summed E-state index contributed by atoms with van der Waals surface area (Å²) in [6.07, 6.45) is 3.91. The summed E-state index contributed by atoms with van der Waals surface area (Å²) < 4.78 is 44.7. The maximum absolute atomic E-state index is 15.5. The Bertz CT molecular complexity index is 933. The summed E-state index contributed by atoms with van der Waals surface area (Å²) in [5.74, 6) is -4.76. The van der Waals surface area contributed by atoms with Crippen molar-refractivity contribution in [2.45, 2.75) is 64.7 Å². The summed E-state index contributed by atoms with van der Waals surface area (Å²) in [6, 6.07) is 5.78. The van der Waals surface area contributed by atoms with Crippen LogP contribution < -0.4 is 0 Å². The zero-order valence-corrected chi connectivity index (χ0v) is 17.2. The molecule has 156 valence electrons. The number of benzene rings is 1. The number of halogens is 3. The molecule has 2 aliphatic rings. The Kier molecular flexibility index (Phi) is 4.99. The molecule has 0 radical (unpaired) electrons. The van der Waals surface area contributed by atoms with Crippen molar-refractivity contribution in [1.29, 1.82) is 0 Å². The van der Waals surface area contributed by atoms with E-state index < -0.39 is 23.6 Å². The maximum Gasteiger partial charge on any atom is 0.257 e. The second-order valence-electron chi connectivity index (χ2n) is 10.2. The van der Waals surface area contributed by atoms with Crippen molar-refractivity contribution in [2.24, 2.45) is 23.2 Å². The highest BCUT2D eigenvalue weighted by Crippen LogP contribution is 2.61. The van der Waals surface area contributed by atoms with Gasteiger partial charge in [-0.25, -0.2) is 13.2 Å². The fourth-order valence-corrected chi connectivity index (χ4v) is 5.62. The van der Waals surface area contributed by atoms with E-state index in [0.29, 0.717) is 48.6 Å². The summed E-state index contributed by atoms with van der Waals surface area (Å²) >= 11 is 0. The molecule has 1 heterocycles. The highest BCUT2D eigenvalue weighted by Gasteiger charge is 2.60. The van der Waals surface area contributed by atoms with Gasteiger partial charge in [-0.3, -0.25) is 9.78 Å². The van der Waals surface area contributed by atoms with Crippen LogP contribution in [0.5, 0.6) is 0 Å². The molecule has 1 aromatic heterocycles. The third kappa shape index (κ3) is 3.93. The molecule has 4 atom stereocenters. The lowest BCUT2D eigenvalue weighted by Gasteiger charge is -2.26. The second-order valence-corrected chi connectivity index (χ2v) is 10.2. The first-order chi connectivity index (χ1) is 13.5. The number of aromatic nitrogens is 1. The van der Waals surface area contributed by atoms with E-state index in [9.17, 15) is 9.18 Å². The number of rotatable bonds is 4. The Balaban J connectivity index is 1.53. The molecule has 2 aromatic rings. The quantitative estimate of drug-likeness (QED) is 0.581. The fraction of sp³-hybridized carbons (Fsp3) is 0.583. The van der Waals surface area contributed by atoms with Gasteiger partial charge < -0.3 is 0 Å². The van der Waals surface area contributed by atoms with Crippen LogP contribution in [0.3, 0.4) is 0 Å². The number of alkyl halides is 2. The largest absolute Gasteiger partial charge is 0.300 e. The van der Waals surface area contributed by atoms with Crippen molar-refractivity contribution in [3.05, 3.63) is 41.8 Å². The minimum atomic E-state index is -2.85. The highest BCUT2D eigenvalue weighted by atomic mass is 19.3. The van der Waals surface area contributed by atoms with E-state index in [4.69, 9.17) is 0 Å². The van der Waals surface area contributed by atoms with Crippen molar-refractivity contribution >= 4 is 16.7 Å². The fourth-order valence-electron chi connectivity index (χ4n) is 5.62. The van der Waals surface area contributed by atoms with Gasteiger partial charge in [-0.1, -0.05) is 20.8 Å². The van der Waals surface area contributed by atoms with Crippen LogP contribution in [0.1, 0.15) is 64.4 Å². The Morgan fingerprint density at radius 1 is 1.17 bits per heavy atom. The minimum absolute atomic E-state index is 0.0540. The van der Waals surface area contributed by atoms with E-state index in [0.717, 1.165) is 0 Å². The highest BCUT2D eigenvalue weighted by molar-refractivity contribution is 5.83. The van der Waals surface area contributed by atoms with Crippen LogP contribution in [-0.4, -0.2) is 16.7 Å². The van der Waals surface area contributed by atoms with E-state index in [1.807, 2.05) is 20.8 Å². The molecular formula is C24H28F3NO. The van der Waals surface area contributed by atoms with Gasteiger partial charge in [0, 0.05) is 36.3 Å². The maximum atomic E-state index is 15.5. The molecule has 0 bridgehead atoms. The molecule has 0 spiro atoms. The molecule has 2 nitrogen and oxygen atoms in total. The number of nitrogens with zero attached hydrogens (tertiary/aromatic N) is 1. The lowest BCUT2D eigenvalue weighted by atomic mass is 9.84. The van der Waals surface area contributed by atoms with E-state index in [1.165, 1.54) is 18.3 Å². The summed E-state index contributed by atoms with van der Waals surface area (Å²) in [6.45, 7) is 6.07. The average molecular weight is 403 g/mol. The van der Waals surface area contributed by atoms with Gasteiger partial charge in [-0.2, -0.15) is 0 Å². The molecular weight excluding hydrogens is 375 g/mol. The number of hydrogen-bond acceptors (Lipinski definition) is 2. The van der Waals surface area contributed by atoms with Crippen molar-refractivity contribution in [2.75, 3.05) is 0 Å². The summed E-state index contributed by atoms with van der Waals surface area (Å²) in [5.41, 5.74) is 0.967. The molecule has 2 aliphatic carbocycles. The Hall–Kier alpha value is -1.91. The molecule has 0 aliphatic heterocycles. The zero-order chi connectivity index (χ0) is 21.0. The van der Waals surface area contributed by atoms with Crippen LogP contribution >= 0.6 is 0 Å². The molecule has 0 amide bonds. The topological polar surface area (TPSA) is 30.0 Å². The molecule has 0 N–H and O–H groups in total.